The van der Waals surface area contributed by atoms with E-state index in [1.807, 2.05) is 0 Å². The smallest absolute Gasteiger partial charge is 0.128 e. The minimum Gasteiger partial charge on any atom is -0.355 e. The number of nitrogens with one attached hydrogen (secondary N) is 1. The minimum absolute atomic E-state index is 0.491. The number of hydrogen-bond acceptors (Lipinski definition) is 4. The van der Waals surface area contributed by atoms with Crippen molar-refractivity contribution in [2.75, 3.05) is 32.1 Å². The molecule has 0 radical (unpaired) electrons. The SMILES string of the molecule is CC(C)NCc1cccc(N(C)C2CCCN(C)C2)n1. The Morgan fingerprint density at radius 3 is 2.95 bits per heavy atom. The highest BCUT2D eigenvalue weighted by atomic mass is 15.2. The summed E-state index contributed by atoms with van der Waals surface area (Å²) in [4.78, 5) is 9.54. The summed E-state index contributed by atoms with van der Waals surface area (Å²) in [5, 5.41) is 3.43. The third-order valence-corrected chi connectivity index (χ3v) is 3.99. The van der Waals surface area contributed by atoms with Crippen LogP contribution in [0.25, 0.3) is 0 Å². The van der Waals surface area contributed by atoms with Crippen LogP contribution in [0.1, 0.15) is 32.4 Å². The molecular weight excluding hydrogens is 248 g/mol. The van der Waals surface area contributed by atoms with E-state index in [1.54, 1.807) is 0 Å². The van der Waals surface area contributed by atoms with E-state index in [2.05, 4.69) is 61.3 Å². The normalized spacial score (nSPS) is 20.4. The van der Waals surface area contributed by atoms with Gasteiger partial charge in [-0.25, -0.2) is 4.98 Å². The number of piperidine rings is 1. The molecule has 0 bridgehead atoms. The Kier molecular flexibility index (Phi) is 5.38. The third-order valence-electron chi connectivity index (χ3n) is 3.99. The molecule has 1 atom stereocenters. The van der Waals surface area contributed by atoms with Crippen LogP contribution in [0.3, 0.4) is 0 Å². The molecule has 4 nitrogen and oxygen atoms in total. The van der Waals surface area contributed by atoms with Crippen molar-refractivity contribution in [3.8, 4) is 0 Å². The summed E-state index contributed by atoms with van der Waals surface area (Å²) in [6, 6.07) is 7.40. The molecule has 4 heteroatoms. The first-order valence-electron chi connectivity index (χ1n) is 7.67. The zero-order valence-electron chi connectivity index (χ0n) is 13.3. The fraction of sp³-hybridized carbons (Fsp3) is 0.688. The van der Waals surface area contributed by atoms with Crippen molar-refractivity contribution in [1.82, 2.24) is 15.2 Å². The van der Waals surface area contributed by atoms with Crippen molar-refractivity contribution >= 4 is 5.82 Å². The first-order chi connectivity index (χ1) is 9.56. The Bertz CT molecular complexity index is 419. The van der Waals surface area contributed by atoms with Crippen LogP contribution >= 0.6 is 0 Å². The van der Waals surface area contributed by atoms with E-state index in [1.165, 1.54) is 19.4 Å². The van der Waals surface area contributed by atoms with Crippen LogP contribution in [-0.2, 0) is 6.54 Å². The van der Waals surface area contributed by atoms with Crippen LogP contribution in [-0.4, -0.2) is 49.2 Å². The van der Waals surface area contributed by atoms with Crippen molar-refractivity contribution in [2.45, 2.75) is 45.3 Å². The largest absolute Gasteiger partial charge is 0.355 e. The molecule has 1 fully saturated rings. The molecular formula is C16H28N4. The molecule has 1 unspecified atom stereocenters. The van der Waals surface area contributed by atoms with Crippen LogP contribution in [0.4, 0.5) is 5.82 Å². The fourth-order valence-corrected chi connectivity index (χ4v) is 2.71. The number of hydrogen-bond donors (Lipinski definition) is 1. The lowest BCUT2D eigenvalue weighted by molar-refractivity contribution is 0.247. The van der Waals surface area contributed by atoms with E-state index < -0.39 is 0 Å². The van der Waals surface area contributed by atoms with Gasteiger partial charge in [-0.2, -0.15) is 0 Å². The Morgan fingerprint density at radius 1 is 1.45 bits per heavy atom. The number of anilines is 1. The van der Waals surface area contributed by atoms with Gasteiger partial charge < -0.3 is 15.1 Å². The van der Waals surface area contributed by atoms with E-state index in [0.29, 0.717) is 12.1 Å². The average Bonchev–Trinajstić information content (AvgIpc) is 2.44. The lowest BCUT2D eigenvalue weighted by Crippen LogP contribution is -2.45. The minimum atomic E-state index is 0.491. The summed E-state index contributed by atoms with van der Waals surface area (Å²) in [6.45, 7) is 7.51. The van der Waals surface area contributed by atoms with Gasteiger partial charge >= 0.3 is 0 Å². The Labute approximate surface area is 123 Å². The van der Waals surface area contributed by atoms with E-state index in [0.717, 1.165) is 24.6 Å². The van der Waals surface area contributed by atoms with Crippen LogP contribution < -0.4 is 10.2 Å². The van der Waals surface area contributed by atoms with Crippen molar-refractivity contribution in [3.05, 3.63) is 23.9 Å². The molecule has 112 valence electrons. The van der Waals surface area contributed by atoms with Crippen LogP contribution in [0.15, 0.2) is 18.2 Å². The maximum atomic E-state index is 4.79. The van der Waals surface area contributed by atoms with Gasteiger partial charge in [-0.05, 0) is 38.6 Å². The molecule has 1 aromatic heterocycles. The molecule has 1 N–H and O–H groups in total. The lowest BCUT2D eigenvalue weighted by atomic mass is 10.1. The summed E-state index contributed by atoms with van der Waals surface area (Å²) >= 11 is 0. The number of likely N-dealkylation sites (tertiary alicyclic amines) is 1. The number of likely N-dealkylation sites (N-methyl/N-ethyl adjacent to an activating group) is 2. The van der Waals surface area contributed by atoms with E-state index in [4.69, 9.17) is 4.98 Å². The maximum absolute atomic E-state index is 4.79. The summed E-state index contributed by atoms with van der Waals surface area (Å²) < 4.78 is 0. The topological polar surface area (TPSA) is 31.4 Å². The van der Waals surface area contributed by atoms with Crippen molar-refractivity contribution in [3.63, 3.8) is 0 Å². The lowest BCUT2D eigenvalue weighted by Gasteiger charge is -2.36. The summed E-state index contributed by atoms with van der Waals surface area (Å²) in [5.74, 6) is 1.09. The fourth-order valence-electron chi connectivity index (χ4n) is 2.71. The second-order valence-electron chi connectivity index (χ2n) is 6.19. The molecule has 0 spiro atoms. The first-order valence-corrected chi connectivity index (χ1v) is 7.67. The van der Waals surface area contributed by atoms with E-state index in [-0.39, 0.29) is 0 Å². The Morgan fingerprint density at radius 2 is 2.25 bits per heavy atom. The standard InChI is InChI=1S/C16H28N4/c1-13(2)17-11-14-7-5-9-16(18-14)20(4)15-8-6-10-19(3)12-15/h5,7,9,13,15,17H,6,8,10-12H2,1-4H3. The molecule has 0 aliphatic carbocycles. The zero-order valence-corrected chi connectivity index (χ0v) is 13.3. The molecule has 1 aromatic rings. The molecule has 1 aliphatic rings. The maximum Gasteiger partial charge on any atom is 0.128 e. The summed E-state index contributed by atoms with van der Waals surface area (Å²) in [7, 11) is 4.38. The van der Waals surface area contributed by atoms with E-state index >= 15 is 0 Å². The molecule has 1 saturated heterocycles. The Balaban J connectivity index is 2.01. The summed E-state index contributed by atoms with van der Waals surface area (Å²) in [6.07, 6.45) is 2.54. The van der Waals surface area contributed by atoms with Gasteiger partial charge in [0, 0.05) is 32.2 Å². The molecule has 0 saturated carbocycles. The van der Waals surface area contributed by atoms with Crippen LogP contribution in [0, 0.1) is 0 Å². The molecule has 2 heterocycles. The van der Waals surface area contributed by atoms with E-state index in [9.17, 15) is 0 Å². The first kappa shape index (κ1) is 15.3. The number of aromatic nitrogens is 1. The van der Waals surface area contributed by atoms with Gasteiger partial charge in [0.1, 0.15) is 5.82 Å². The van der Waals surface area contributed by atoms with Gasteiger partial charge in [0.25, 0.3) is 0 Å². The quantitative estimate of drug-likeness (QED) is 0.892. The monoisotopic (exact) mass is 276 g/mol. The number of rotatable bonds is 5. The number of nitrogens with zero attached hydrogens (tertiary/aromatic N) is 3. The molecule has 0 amide bonds. The van der Waals surface area contributed by atoms with Gasteiger partial charge in [-0.1, -0.05) is 19.9 Å². The van der Waals surface area contributed by atoms with Gasteiger partial charge in [-0.15, -0.1) is 0 Å². The van der Waals surface area contributed by atoms with Crippen molar-refractivity contribution in [1.29, 1.82) is 0 Å². The number of pyridine rings is 1. The predicted molar refractivity (Wildman–Crippen MR) is 85.1 cm³/mol. The van der Waals surface area contributed by atoms with Crippen LogP contribution in [0.2, 0.25) is 0 Å². The van der Waals surface area contributed by atoms with Gasteiger partial charge in [0.05, 0.1) is 5.69 Å². The highest BCUT2D eigenvalue weighted by Crippen LogP contribution is 2.19. The van der Waals surface area contributed by atoms with Gasteiger partial charge in [-0.3, -0.25) is 0 Å². The highest BCUT2D eigenvalue weighted by molar-refractivity contribution is 5.39. The molecule has 2 rings (SSSR count). The van der Waals surface area contributed by atoms with Gasteiger partial charge in [0.15, 0.2) is 0 Å². The van der Waals surface area contributed by atoms with Crippen molar-refractivity contribution < 1.29 is 0 Å². The average molecular weight is 276 g/mol. The third kappa shape index (κ3) is 4.18. The molecule has 1 aliphatic heterocycles. The predicted octanol–water partition coefficient (Wildman–Crippen LogP) is 2.11. The second kappa shape index (κ2) is 7.04. The Hall–Kier alpha value is -1.13. The van der Waals surface area contributed by atoms with Crippen molar-refractivity contribution in [2.24, 2.45) is 0 Å². The molecule has 20 heavy (non-hydrogen) atoms. The highest BCUT2D eigenvalue weighted by Gasteiger charge is 2.21. The molecule has 0 aromatic carbocycles. The van der Waals surface area contributed by atoms with Crippen LogP contribution in [0.5, 0.6) is 0 Å². The van der Waals surface area contributed by atoms with Gasteiger partial charge in [0.2, 0.25) is 0 Å². The zero-order chi connectivity index (χ0) is 14.5. The second-order valence-corrected chi connectivity index (χ2v) is 6.19. The summed E-state index contributed by atoms with van der Waals surface area (Å²) in [5.41, 5.74) is 1.12.